The van der Waals surface area contributed by atoms with Gasteiger partial charge in [0.25, 0.3) is 5.91 Å². The van der Waals surface area contributed by atoms with Crippen LogP contribution in [0.5, 0.6) is 5.75 Å². The number of nitrogens with one attached hydrogen (secondary N) is 1. The summed E-state index contributed by atoms with van der Waals surface area (Å²) in [5, 5.41) is 12.2. The Morgan fingerprint density at radius 3 is 2.68 bits per heavy atom. The Morgan fingerprint density at radius 2 is 1.91 bits per heavy atom. The lowest BCUT2D eigenvalue weighted by Crippen LogP contribution is -2.16. The van der Waals surface area contributed by atoms with Crippen LogP contribution in [0.2, 0.25) is 0 Å². The topological polar surface area (TPSA) is 74.5 Å². The SMILES string of the molecule is N#CCC(=O)N/N=C\c1ccccc1OCc1ccccc1. The molecule has 0 bridgehead atoms. The molecule has 1 amide bonds. The van der Waals surface area contributed by atoms with Gasteiger partial charge < -0.3 is 4.74 Å². The van der Waals surface area contributed by atoms with E-state index < -0.39 is 5.91 Å². The Kier molecular flexibility index (Phi) is 5.70. The van der Waals surface area contributed by atoms with Crippen LogP contribution in [0.25, 0.3) is 0 Å². The first kappa shape index (κ1) is 15.3. The lowest BCUT2D eigenvalue weighted by molar-refractivity contribution is -0.120. The number of ether oxygens (including phenoxy) is 1. The molecule has 2 aromatic rings. The minimum absolute atomic E-state index is 0.219. The van der Waals surface area contributed by atoms with E-state index in [0.717, 1.165) is 11.1 Å². The van der Waals surface area contributed by atoms with Gasteiger partial charge in [-0.15, -0.1) is 0 Å². The third-order valence-corrected chi connectivity index (χ3v) is 2.79. The molecule has 0 heterocycles. The lowest BCUT2D eigenvalue weighted by Gasteiger charge is -2.08. The molecule has 22 heavy (non-hydrogen) atoms. The fourth-order valence-electron chi connectivity index (χ4n) is 1.74. The molecule has 1 N–H and O–H groups in total. The van der Waals surface area contributed by atoms with E-state index in [1.807, 2.05) is 54.6 Å². The van der Waals surface area contributed by atoms with Gasteiger partial charge in [-0.2, -0.15) is 10.4 Å². The molecule has 0 aliphatic rings. The molecular formula is C17H15N3O2. The summed E-state index contributed by atoms with van der Waals surface area (Å²) in [6, 6.07) is 19.0. The van der Waals surface area contributed by atoms with Crippen molar-refractivity contribution in [1.82, 2.24) is 5.43 Å². The molecular weight excluding hydrogens is 278 g/mol. The average Bonchev–Trinajstić information content (AvgIpc) is 2.55. The number of amides is 1. The van der Waals surface area contributed by atoms with E-state index in [9.17, 15) is 4.79 Å². The molecule has 0 saturated carbocycles. The maximum Gasteiger partial charge on any atom is 0.254 e. The molecule has 2 aromatic carbocycles. The molecule has 110 valence electrons. The number of hydrogen-bond acceptors (Lipinski definition) is 4. The van der Waals surface area contributed by atoms with Crippen molar-refractivity contribution in [2.75, 3.05) is 0 Å². The minimum atomic E-state index is -0.443. The van der Waals surface area contributed by atoms with Gasteiger partial charge in [-0.25, -0.2) is 5.43 Å². The van der Waals surface area contributed by atoms with Crippen LogP contribution in [0.3, 0.4) is 0 Å². The van der Waals surface area contributed by atoms with Crippen molar-refractivity contribution < 1.29 is 9.53 Å². The van der Waals surface area contributed by atoms with Crippen molar-refractivity contribution in [1.29, 1.82) is 5.26 Å². The molecule has 0 fully saturated rings. The van der Waals surface area contributed by atoms with Gasteiger partial charge in [-0.05, 0) is 17.7 Å². The maximum atomic E-state index is 11.2. The van der Waals surface area contributed by atoms with Gasteiger partial charge in [0.05, 0.1) is 12.3 Å². The molecule has 0 atom stereocenters. The van der Waals surface area contributed by atoms with Crippen LogP contribution in [-0.4, -0.2) is 12.1 Å². The second-order valence-electron chi connectivity index (χ2n) is 4.44. The molecule has 5 nitrogen and oxygen atoms in total. The number of nitrogens with zero attached hydrogens (tertiary/aromatic N) is 2. The average molecular weight is 293 g/mol. The molecule has 0 saturated heterocycles. The molecule has 5 heteroatoms. The Hall–Kier alpha value is -3.13. The summed E-state index contributed by atoms with van der Waals surface area (Å²) >= 11 is 0. The second kappa shape index (κ2) is 8.22. The fourth-order valence-corrected chi connectivity index (χ4v) is 1.74. The third kappa shape index (κ3) is 4.76. The van der Waals surface area contributed by atoms with E-state index in [2.05, 4.69) is 10.5 Å². The van der Waals surface area contributed by atoms with Crippen molar-refractivity contribution in [2.45, 2.75) is 13.0 Å². The van der Waals surface area contributed by atoms with Crippen molar-refractivity contribution >= 4 is 12.1 Å². The van der Waals surface area contributed by atoms with Crippen molar-refractivity contribution in [3.8, 4) is 11.8 Å². The van der Waals surface area contributed by atoms with Gasteiger partial charge in [0.1, 0.15) is 18.8 Å². The van der Waals surface area contributed by atoms with E-state index in [-0.39, 0.29) is 6.42 Å². The third-order valence-electron chi connectivity index (χ3n) is 2.79. The second-order valence-corrected chi connectivity index (χ2v) is 4.44. The highest BCUT2D eigenvalue weighted by molar-refractivity contribution is 5.85. The number of nitriles is 1. The predicted molar refractivity (Wildman–Crippen MR) is 83.2 cm³/mol. The smallest absolute Gasteiger partial charge is 0.254 e. The fraction of sp³-hybridized carbons (Fsp3) is 0.118. The van der Waals surface area contributed by atoms with Crippen LogP contribution >= 0.6 is 0 Å². The summed E-state index contributed by atoms with van der Waals surface area (Å²) in [5.74, 6) is 0.228. The summed E-state index contributed by atoms with van der Waals surface area (Å²) in [7, 11) is 0. The zero-order valence-electron chi connectivity index (χ0n) is 11.9. The number of para-hydroxylation sites is 1. The van der Waals surface area contributed by atoms with E-state index in [1.54, 1.807) is 6.07 Å². The molecule has 0 aliphatic carbocycles. The van der Waals surface area contributed by atoms with Crippen LogP contribution in [0.1, 0.15) is 17.5 Å². The van der Waals surface area contributed by atoms with Gasteiger partial charge in [-0.3, -0.25) is 4.79 Å². The molecule has 0 radical (unpaired) electrons. The molecule has 0 aliphatic heterocycles. The maximum absolute atomic E-state index is 11.2. The van der Waals surface area contributed by atoms with Crippen LogP contribution < -0.4 is 10.2 Å². The highest BCUT2D eigenvalue weighted by Gasteiger charge is 2.02. The van der Waals surface area contributed by atoms with Gasteiger partial charge in [0, 0.05) is 5.56 Å². The van der Waals surface area contributed by atoms with Gasteiger partial charge in [-0.1, -0.05) is 42.5 Å². The molecule has 0 spiro atoms. The van der Waals surface area contributed by atoms with Gasteiger partial charge in [0.2, 0.25) is 0 Å². The monoisotopic (exact) mass is 293 g/mol. The first-order valence-corrected chi connectivity index (χ1v) is 6.74. The number of carbonyl (C=O) groups is 1. The largest absolute Gasteiger partial charge is 0.488 e. The molecule has 2 rings (SSSR count). The van der Waals surface area contributed by atoms with Crippen LogP contribution in [0, 0.1) is 11.3 Å². The standard InChI is InChI=1S/C17H15N3O2/c18-11-10-17(21)20-19-12-15-8-4-5-9-16(15)22-13-14-6-2-1-3-7-14/h1-9,12H,10,13H2,(H,20,21)/b19-12-. The summed E-state index contributed by atoms with van der Waals surface area (Å²) < 4.78 is 5.77. The van der Waals surface area contributed by atoms with Crippen molar-refractivity contribution in [3.63, 3.8) is 0 Å². The first-order chi connectivity index (χ1) is 10.8. The molecule has 0 unspecified atom stereocenters. The highest BCUT2D eigenvalue weighted by atomic mass is 16.5. The van der Waals surface area contributed by atoms with E-state index in [0.29, 0.717) is 12.4 Å². The van der Waals surface area contributed by atoms with Crippen LogP contribution in [-0.2, 0) is 11.4 Å². The van der Waals surface area contributed by atoms with Crippen LogP contribution in [0.15, 0.2) is 59.7 Å². The lowest BCUT2D eigenvalue weighted by atomic mass is 10.2. The Labute approximate surface area is 128 Å². The summed E-state index contributed by atoms with van der Waals surface area (Å²) in [5.41, 5.74) is 4.10. The first-order valence-electron chi connectivity index (χ1n) is 6.74. The Bertz CT molecular complexity index is 691. The summed E-state index contributed by atoms with van der Waals surface area (Å²) in [4.78, 5) is 11.2. The highest BCUT2D eigenvalue weighted by Crippen LogP contribution is 2.17. The Morgan fingerprint density at radius 1 is 1.18 bits per heavy atom. The predicted octanol–water partition coefficient (Wildman–Crippen LogP) is 2.63. The van der Waals surface area contributed by atoms with Gasteiger partial charge in [0.15, 0.2) is 0 Å². The van der Waals surface area contributed by atoms with Crippen molar-refractivity contribution in [2.24, 2.45) is 5.10 Å². The zero-order valence-corrected chi connectivity index (χ0v) is 11.9. The quantitative estimate of drug-likeness (QED) is 0.657. The van der Waals surface area contributed by atoms with E-state index in [1.165, 1.54) is 6.21 Å². The van der Waals surface area contributed by atoms with E-state index in [4.69, 9.17) is 10.00 Å². The number of hydrogen-bond donors (Lipinski definition) is 1. The van der Waals surface area contributed by atoms with E-state index >= 15 is 0 Å². The number of rotatable bonds is 6. The number of hydrazone groups is 1. The molecule has 0 aromatic heterocycles. The minimum Gasteiger partial charge on any atom is -0.488 e. The zero-order chi connectivity index (χ0) is 15.6. The summed E-state index contributed by atoms with van der Waals surface area (Å²) in [6.07, 6.45) is 1.28. The Balaban J connectivity index is 1.99. The number of benzene rings is 2. The number of carbonyl (C=O) groups excluding carboxylic acids is 1. The summed E-state index contributed by atoms with van der Waals surface area (Å²) in [6.45, 7) is 0.451. The van der Waals surface area contributed by atoms with Gasteiger partial charge >= 0.3 is 0 Å². The normalized spacial score (nSPS) is 10.1. The van der Waals surface area contributed by atoms with Crippen LogP contribution in [0.4, 0.5) is 0 Å². The van der Waals surface area contributed by atoms with Crippen molar-refractivity contribution in [3.05, 3.63) is 65.7 Å².